The van der Waals surface area contributed by atoms with Gasteiger partial charge in [0, 0.05) is 30.7 Å². The van der Waals surface area contributed by atoms with Gasteiger partial charge in [0.25, 0.3) is 0 Å². The summed E-state index contributed by atoms with van der Waals surface area (Å²) in [5.41, 5.74) is 1.14. The third-order valence-corrected chi connectivity index (χ3v) is 5.56. The van der Waals surface area contributed by atoms with E-state index < -0.39 is 5.79 Å². The minimum Gasteiger partial charge on any atom is -0.466 e. The van der Waals surface area contributed by atoms with E-state index in [1.165, 1.54) is 0 Å². The lowest BCUT2D eigenvalue weighted by molar-refractivity contribution is -0.226. The van der Waals surface area contributed by atoms with Crippen molar-refractivity contribution in [3.63, 3.8) is 0 Å². The monoisotopic (exact) mass is 410 g/mol. The summed E-state index contributed by atoms with van der Waals surface area (Å²) in [5.74, 6) is -1.18. The summed E-state index contributed by atoms with van der Waals surface area (Å²) in [4.78, 5) is 11.9. The molecular formula is C23H35ClO4. The van der Waals surface area contributed by atoms with Gasteiger partial charge in [-0.25, -0.2) is 0 Å². The van der Waals surface area contributed by atoms with Crippen LogP contribution in [0, 0.1) is 5.41 Å². The molecule has 1 atom stereocenters. The lowest BCUT2D eigenvalue weighted by Gasteiger charge is -2.29. The van der Waals surface area contributed by atoms with Gasteiger partial charge in [-0.2, -0.15) is 0 Å². The van der Waals surface area contributed by atoms with Crippen molar-refractivity contribution in [1.29, 1.82) is 0 Å². The van der Waals surface area contributed by atoms with Crippen LogP contribution in [0.5, 0.6) is 0 Å². The Bertz CT molecular complexity index is 617. The maximum Gasteiger partial charge on any atom is 0.305 e. The Labute approximate surface area is 174 Å². The first-order valence-corrected chi connectivity index (χ1v) is 10.8. The molecule has 0 saturated heterocycles. The van der Waals surface area contributed by atoms with E-state index in [0.29, 0.717) is 50.2 Å². The topological polar surface area (TPSA) is 55.8 Å². The summed E-state index contributed by atoms with van der Waals surface area (Å²) >= 11 is 6.31. The number of ether oxygens (including phenoxy) is 2. The van der Waals surface area contributed by atoms with Gasteiger partial charge in [0.1, 0.15) is 0 Å². The van der Waals surface area contributed by atoms with E-state index in [0.717, 1.165) is 24.8 Å². The molecule has 1 saturated carbocycles. The summed E-state index contributed by atoms with van der Waals surface area (Å²) in [7, 11) is 0. The van der Waals surface area contributed by atoms with Crippen LogP contribution in [-0.2, 0) is 20.7 Å². The van der Waals surface area contributed by atoms with Gasteiger partial charge in [0.2, 0.25) is 0 Å². The molecule has 1 fully saturated rings. The average Bonchev–Trinajstić information content (AvgIpc) is 3.04. The van der Waals surface area contributed by atoms with Crippen LogP contribution in [0.15, 0.2) is 24.3 Å². The van der Waals surface area contributed by atoms with Crippen molar-refractivity contribution in [2.75, 3.05) is 6.61 Å². The van der Waals surface area contributed by atoms with Gasteiger partial charge in [0.05, 0.1) is 12.7 Å². The van der Waals surface area contributed by atoms with E-state index in [1.807, 2.05) is 24.3 Å². The lowest BCUT2D eigenvalue weighted by Crippen LogP contribution is -2.35. The fourth-order valence-electron chi connectivity index (χ4n) is 3.51. The van der Waals surface area contributed by atoms with Crippen molar-refractivity contribution in [2.45, 2.75) is 90.4 Å². The van der Waals surface area contributed by atoms with Gasteiger partial charge in [-0.05, 0) is 49.1 Å². The van der Waals surface area contributed by atoms with E-state index in [1.54, 1.807) is 0 Å². The minimum absolute atomic E-state index is 0.129. The second-order valence-corrected chi connectivity index (χ2v) is 9.52. The Hall–Kier alpha value is -1.10. The number of benzene rings is 1. The molecule has 1 aromatic carbocycles. The molecule has 0 heterocycles. The van der Waals surface area contributed by atoms with Crippen LogP contribution in [0.4, 0.5) is 0 Å². The molecule has 0 bridgehead atoms. The molecule has 0 radical (unpaired) electrons. The van der Waals surface area contributed by atoms with Gasteiger partial charge in [-0.1, -0.05) is 50.6 Å². The molecule has 0 amide bonds. The van der Waals surface area contributed by atoms with E-state index in [-0.39, 0.29) is 17.5 Å². The molecule has 0 aromatic heterocycles. The predicted molar refractivity (Wildman–Crippen MR) is 112 cm³/mol. The fraction of sp³-hybridized carbons (Fsp3) is 0.696. The summed E-state index contributed by atoms with van der Waals surface area (Å²) in [6.45, 7) is 6.73. The van der Waals surface area contributed by atoms with Crippen molar-refractivity contribution >= 4 is 17.6 Å². The van der Waals surface area contributed by atoms with E-state index in [2.05, 4.69) is 20.8 Å². The average molecular weight is 411 g/mol. The molecule has 2 rings (SSSR count). The van der Waals surface area contributed by atoms with Crippen LogP contribution in [0.3, 0.4) is 0 Å². The van der Waals surface area contributed by atoms with Crippen molar-refractivity contribution in [3.8, 4) is 0 Å². The Morgan fingerprint density at radius 3 is 2.57 bits per heavy atom. The van der Waals surface area contributed by atoms with Crippen LogP contribution in [-0.4, -0.2) is 29.6 Å². The standard InChI is InChI=1S/C23H35ClO4/c1-22(2,3)15-12-21(25)27-16-8-10-19(28-23(26)13-6-7-14-23)17-18-9-4-5-11-20(18)24/h4-5,9,11,19,26H,6-8,10,12-17H2,1-3H3. The first kappa shape index (κ1) is 23.2. The van der Waals surface area contributed by atoms with Gasteiger partial charge in [-0.3, -0.25) is 4.79 Å². The Morgan fingerprint density at radius 2 is 1.93 bits per heavy atom. The molecule has 5 heteroatoms. The second kappa shape index (κ2) is 10.6. The van der Waals surface area contributed by atoms with Crippen LogP contribution in [0.25, 0.3) is 0 Å². The van der Waals surface area contributed by atoms with E-state index in [4.69, 9.17) is 21.1 Å². The minimum atomic E-state index is -1.03. The van der Waals surface area contributed by atoms with Crippen molar-refractivity contribution < 1.29 is 19.4 Å². The number of rotatable bonds is 10. The molecule has 1 aliphatic carbocycles. The summed E-state index contributed by atoms with van der Waals surface area (Å²) in [6.07, 6.45) is 6.48. The number of carbonyl (C=O) groups excluding carboxylic acids is 1. The number of hydrogen-bond donors (Lipinski definition) is 1. The molecule has 1 aromatic rings. The molecule has 0 aliphatic heterocycles. The van der Waals surface area contributed by atoms with Crippen LogP contribution < -0.4 is 0 Å². The lowest BCUT2D eigenvalue weighted by atomic mass is 9.91. The number of carbonyl (C=O) groups is 1. The van der Waals surface area contributed by atoms with E-state index >= 15 is 0 Å². The smallest absolute Gasteiger partial charge is 0.305 e. The maximum atomic E-state index is 11.9. The second-order valence-electron chi connectivity index (χ2n) is 9.11. The van der Waals surface area contributed by atoms with Gasteiger partial charge in [-0.15, -0.1) is 0 Å². The number of aliphatic hydroxyl groups is 1. The summed E-state index contributed by atoms with van der Waals surface area (Å²) < 4.78 is 11.5. The Morgan fingerprint density at radius 1 is 1.25 bits per heavy atom. The van der Waals surface area contributed by atoms with Crippen molar-refractivity contribution in [2.24, 2.45) is 5.41 Å². The third kappa shape index (κ3) is 8.50. The summed E-state index contributed by atoms with van der Waals surface area (Å²) in [6, 6.07) is 7.72. The van der Waals surface area contributed by atoms with E-state index in [9.17, 15) is 9.90 Å². The van der Waals surface area contributed by atoms with Crippen LogP contribution in [0.1, 0.15) is 77.7 Å². The highest BCUT2D eigenvalue weighted by molar-refractivity contribution is 6.31. The third-order valence-electron chi connectivity index (χ3n) is 5.19. The van der Waals surface area contributed by atoms with Crippen LogP contribution in [0.2, 0.25) is 5.02 Å². The zero-order valence-electron chi connectivity index (χ0n) is 17.5. The highest BCUT2D eigenvalue weighted by Gasteiger charge is 2.34. The Balaban J connectivity index is 1.83. The maximum absolute atomic E-state index is 11.9. The highest BCUT2D eigenvalue weighted by Crippen LogP contribution is 2.33. The highest BCUT2D eigenvalue weighted by atomic mass is 35.5. The molecule has 28 heavy (non-hydrogen) atoms. The number of esters is 1. The SMILES string of the molecule is CC(C)(C)CCC(=O)OCCCC(Cc1ccccc1Cl)OC1(O)CCCC1. The number of hydrogen-bond acceptors (Lipinski definition) is 4. The quantitative estimate of drug-likeness (QED) is 0.306. The zero-order chi connectivity index (χ0) is 20.6. The Kier molecular flexibility index (Phi) is 8.79. The van der Waals surface area contributed by atoms with Gasteiger partial charge in [0.15, 0.2) is 5.79 Å². The molecule has 158 valence electrons. The fourth-order valence-corrected chi connectivity index (χ4v) is 3.73. The molecule has 0 spiro atoms. The molecule has 1 N–H and O–H groups in total. The largest absolute Gasteiger partial charge is 0.466 e. The summed E-state index contributed by atoms with van der Waals surface area (Å²) in [5, 5.41) is 11.4. The predicted octanol–water partition coefficient (Wildman–Crippen LogP) is 5.68. The molecule has 1 aliphatic rings. The van der Waals surface area contributed by atoms with Crippen molar-refractivity contribution in [3.05, 3.63) is 34.9 Å². The normalized spacial score (nSPS) is 17.5. The molecular weight excluding hydrogens is 376 g/mol. The zero-order valence-corrected chi connectivity index (χ0v) is 18.3. The number of halogens is 1. The molecule has 1 unspecified atom stereocenters. The first-order valence-electron chi connectivity index (χ1n) is 10.5. The van der Waals surface area contributed by atoms with Gasteiger partial charge >= 0.3 is 5.97 Å². The van der Waals surface area contributed by atoms with Crippen LogP contribution >= 0.6 is 11.6 Å². The molecule has 4 nitrogen and oxygen atoms in total. The van der Waals surface area contributed by atoms with Crippen molar-refractivity contribution in [1.82, 2.24) is 0 Å². The van der Waals surface area contributed by atoms with Gasteiger partial charge < -0.3 is 14.6 Å². The first-order chi connectivity index (χ1) is 13.2.